The summed E-state index contributed by atoms with van der Waals surface area (Å²) in [6.45, 7) is 3.70. The number of hydrogen-bond acceptors (Lipinski definition) is 3. The Bertz CT molecular complexity index is 350. The molecule has 0 aromatic rings. The summed E-state index contributed by atoms with van der Waals surface area (Å²) in [5.41, 5.74) is 0.867. The number of nitrogens with zero attached hydrogens (tertiary/aromatic N) is 1. The summed E-state index contributed by atoms with van der Waals surface area (Å²) in [6, 6.07) is 0. The van der Waals surface area contributed by atoms with Crippen molar-refractivity contribution in [2.75, 3.05) is 19.8 Å². The molecule has 1 N–H and O–H groups in total. The maximum Gasteiger partial charge on any atom is 0.214 e. The first-order valence-corrected chi connectivity index (χ1v) is 10.4. The first-order chi connectivity index (χ1) is 11.9. The molecule has 0 aromatic heterocycles. The van der Waals surface area contributed by atoms with Crippen LogP contribution in [0.4, 0.5) is 0 Å². The van der Waals surface area contributed by atoms with E-state index >= 15 is 0 Å². The molecule has 0 atom stereocenters. The molecule has 0 unspecified atom stereocenters. The molecule has 0 aromatic carbocycles. The van der Waals surface area contributed by atoms with Gasteiger partial charge in [0, 0.05) is 5.57 Å². The number of aliphatic hydroxyl groups is 1. The third kappa shape index (κ3) is 10.9. The predicted molar refractivity (Wildman–Crippen MR) is 104 cm³/mol. The molecule has 140 valence electrons. The molecule has 24 heavy (non-hydrogen) atoms. The molecule has 0 aliphatic carbocycles. The zero-order chi connectivity index (χ0) is 17.3. The van der Waals surface area contributed by atoms with Gasteiger partial charge in [-0.05, 0) is 12.8 Å². The van der Waals surface area contributed by atoms with Crippen LogP contribution in [-0.4, -0.2) is 30.8 Å². The van der Waals surface area contributed by atoms with E-state index in [1.165, 1.54) is 83.5 Å². The van der Waals surface area contributed by atoms with E-state index < -0.39 is 0 Å². The zero-order valence-electron chi connectivity index (χ0n) is 15.9. The fourth-order valence-electron chi connectivity index (χ4n) is 3.19. The van der Waals surface area contributed by atoms with Crippen LogP contribution in [0.1, 0.15) is 96.8 Å². The highest BCUT2D eigenvalue weighted by molar-refractivity contribution is 5.94. The van der Waals surface area contributed by atoms with Gasteiger partial charge in [0.05, 0.1) is 13.2 Å². The summed E-state index contributed by atoms with van der Waals surface area (Å²) >= 11 is 0. The number of aliphatic hydroxyl groups excluding tert-OH is 1. The monoisotopic (exact) mass is 337 g/mol. The van der Waals surface area contributed by atoms with E-state index in [9.17, 15) is 5.11 Å². The van der Waals surface area contributed by atoms with Crippen LogP contribution < -0.4 is 0 Å². The maximum atomic E-state index is 9.36. The van der Waals surface area contributed by atoms with E-state index in [1.807, 2.05) is 0 Å². The number of hydrogen-bond donors (Lipinski definition) is 1. The number of allylic oxidation sites excluding steroid dienone is 1. The molecule has 1 heterocycles. The van der Waals surface area contributed by atoms with E-state index in [2.05, 4.69) is 18.0 Å². The van der Waals surface area contributed by atoms with Crippen molar-refractivity contribution in [3.05, 3.63) is 11.6 Å². The quantitative estimate of drug-likeness (QED) is 0.361. The highest BCUT2D eigenvalue weighted by Gasteiger charge is 2.11. The van der Waals surface area contributed by atoms with Crippen molar-refractivity contribution in [3.8, 4) is 0 Å². The summed E-state index contributed by atoms with van der Waals surface area (Å²) < 4.78 is 5.40. The molecule has 1 aliphatic heterocycles. The highest BCUT2D eigenvalue weighted by atomic mass is 16.5. The molecule has 0 saturated heterocycles. The van der Waals surface area contributed by atoms with Crippen LogP contribution in [0.15, 0.2) is 16.6 Å². The van der Waals surface area contributed by atoms with Gasteiger partial charge < -0.3 is 9.84 Å². The van der Waals surface area contributed by atoms with Gasteiger partial charge in [0.1, 0.15) is 6.61 Å². The van der Waals surface area contributed by atoms with Crippen LogP contribution in [-0.2, 0) is 4.74 Å². The van der Waals surface area contributed by atoms with Gasteiger partial charge in [-0.2, -0.15) is 0 Å². The lowest BCUT2D eigenvalue weighted by Crippen LogP contribution is -2.07. The van der Waals surface area contributed by atoms with Gasteiger partial charge in [0.25, 0.3) is 0 Å². The normalized spacial score (nSPS) is 14.8. The Morgan fingerprint density at radius 1 is 0.917 bits per heavy atom. The Kier molecular flexibility index (Phi) is 13.9. The third-order valence-electron chi connectivity index (χ3n) is 4.73. The van der Waals surface area contributed by atoms with E-state index in [0.29, 0.717) is 12.5 Å². The smallest absolute Gasteiger partial charge is 0.214 e. The molecular weight excluding hydrogens is 298 g/mol. The summed E-state index contributed by atoms with van der Waals surface area (Å²) in [6.07, 6.45) is 21.1. The maximum absolute atomic E-state index is 9.36. The largest absolute Gasteiger partial charge is 0.476 e. The first-order valence-electron chi connectivity index (χ1n) is 10.4. The third-order valence-corrected chi connectivity index (χ3v) is 4.73. The fraction of sp³-hybridized carbons (Fsp3) is 0.857. The van der Waals surface area contributed by atoms with Crippen molar-refractivity contribution in [3.63, 3.8) is 0 Å². The number of aliphatic imine (C=N–C) groups is 1. The number of ether oxygens (including phenoxy) is 1. The van der Waals surface area contributed by atoms with Gasteiger partial charge in [-0.15, -0.1) is 0 Å². The van der Waals surface area contributed by atoms with Crippen molar-refractivity contribution in [1.29, 1.82) is 0 Å². The van der Waals surface area contributed by atoms with Crippen LogP contribution >= 0.6 is 0 Å². The average Bonchev–Trinajstić information content (AvgIpc) is 3.13. The molecule has 0 spiro atoms. The summed E-state index contributed by atoms with van der Waals surface area (Å²) in [7, 11) is 0. The van der Waals surface area contributed by atoms with Crippen LogP contribution in [0.2, 0.25) is 0 Å². The lowest BCUT2D eigenvalue weighted by molar-refractivity contribution is 0.315. The summed E-state index contributed by atoms with van der Waals surface area (Å²) in [4.78, 5) is 4.26. The van der Waals surface area contributed by atoms with Gasteiger partial charge >= 0.3 is 0 Å². The minimum absolute atomic E-state index is 0.0390. The molecule has 1 rings (SSSR count). The minimum Gasteiger partial charge on any atom is -0.476 e. The molecular formula is C21H39NO2. The van der Waals surface area contributed by atoms with Crippen LogP contribution in [0, 0.1) is 0 Å². The minimum atomic E-state index is 0.0390. The summed E-state index contributed by atoms with van der Waals surface area (Å²) in [5.74, 6) is 0.659. The molecule has 3 nitrogen and oxygen atoms in total. The van der Waals surface area contributed by atoms with Gasteiger partial charge in [-0.3, -0.25) is 0 Å². The zero-order valence-corrected chi connectivity index (χ0v) is 15.9. The van der Waals surface area contributed by atoms with E-state index in [-0.39, 0.29) is 6.61 Å². The van der Waals surface area contributed by atoms with Gasteiger partial charge in [0.15, 0.2) is 0 Å². The second-order valence-corrected chi connectivity index (χ2v) is 6.95. The van der Waals surface area contributed by atoms with Gasteiger partial charge in [0.2, 0.25) is 5.90 Å². The van der Waals surface area contributed by atoms with Crippen LogP contribution in [0.25, 0.3) is 0 Å². The van der Waals surface area contributed by atoms with Crippen molar-refractivity contribution < 1.29 is 9.84 Å². The van der Waals surface area contributed by atoms with Crippen molar-refractivity contribution in [1.82, 2.24) is 0 Å². The number of unbranched alkanes of at least 4 members (excludes halogenated alkanes) is 13. The Labute approximate surface area is 149 Å². The Balaban J connectivity index is 1.85. The molecule has 0 bridgehead atoms. The fourth-order valence-corrected chi connectivity index (χ4v) is 3.19. The predicted octanol–water partition coefficient (Wildman–Crippen LogP) is 5.82. The van der Waals surface area contributed by atoms with Gasteiger partial charge in [-0.1, -0.05) is 90.0 Å². The standard InChI is InChI=1S/C21H39NO2/c1-2-3-4-5-6-7-8-9-10-11-12-13-14-15-16-20(19-23)21-22-17-18-24-21/h16,23H,2-15,17-19H2,1H3. The molecule has 0 radical (unpaired) electrons. The Morgan fingerprint density at radius 2 is 1.46 bits per heavy atom. The average molecular weight is 338 g/mol. The van der Waals surface area contributed by atoms with Crippen molar-refractivity contribution in [2.45, 2.75) is 96.8 Å². The topological polar surface area (TPSA) is 41.8 Å². The molecule has 0 fully saturated rings. The molecule has 3 heteroatoms. The Hall–Kier alpha value is -0.830. The highest BCUT2D eigenvalue weighted by Crippen LogP contribution is 2.14. The second kappa shape index (κ2) is 15.7. The Morgan fingerprint density at radius 3 is 1.92 bits per heavy atom. The molecule has 1 aliphatic rings. The van der Waals surface area contributed by atoms with E-state index in [4.69, 9.17) is 4.74 Å². The van der Waals surface area contributed by atoms with Crippen LogP contribution in [0.3, 0.4) is 0 Å². The van der Waals surface area contributed by atoms with E-state index in [1.54, 1.807) is 0 Å². The van der Waals surface area contributed by atoms with E-state index in [0.717, 1.165) is 18.5 Å². The lowest BCUT2D eigenvalue weighted by atomic mass is 10.0. The van der Waals surface area contributed by atoms with Gasteiger partial charge in [-0.25, -0.2) is 4.99 Å². The summed E-state index contributed by atoms with van der Waals surface area (Å²) in [5, 5.41) is 9.36. The van der Waals surface area contributed by atoms with Crippen molar-refractivity contribution >= 4 is 5.90 Å². The lowest BCUT2D eigenvalue weighted by Gasteiger charge is -2.04. The molecule has 0 amide bonds. The van der Waals surface area contributed by atoms with Crippen LogP contribution in [0.5, 0.6) is 0 Å². The number of rotatable bonds is 16. The molecule has 0 saturated carbocycles. The second-order valence-electron chi connectivity index (χ2n) is 6.95. The first kappa shape index (κ1) is 21.2. The van der Waals surface area contributed by atoms with Crippen molar-refractivity contribution in [2.24, 2.45) is 4.99 Å². The SMILES string of the molecule is CCCCCCCCCCCCCCCC=C(CO)C1=NCCO1.